The fourth-order valence-electron chi connectivity index (χ4n) is 1.81. The molecule has 0 amide bonds. The second kappa shape index (κ2) is 4.49. The number of aliphatic hydroxyl groups excluding tert-OH is 1. The zero-order valence-corrected chi connectivity index (χ0v) is 9.23. The molecule has 2 rings (SSSR count). The normalized spacial score (nSPS) is 12.9. The Labute approximate surface area is 94.1 Å². The van der Waals surface area contributed by atoms with Gasteiger partial charge in [0.2, 0.25) is 0 Å². The van der Waals surface area contributed by atoms with Crippen LogP contribution >= 0.6 is 0 Å². The Hall–Kier alpha value is -1.61. The zero-order chi connectivity index (χ0) is 11.5. The van der Waals surface area contributed by atoms with Crippen LogP contribution in [0, 0.1) is 0 Å². The summed E-state index contributed by atoms with van der Waals surface area (Å²) in [6.45, 7) is 1.51. The third-order valence-electron chi connectivity index (χ3n) is 2.78. The van der Waals surface area contributed by atoms with E-state index in [1.165, 1.54) is 6.92 Å². The van der Waals surface area contributed by atoms with Gasteiger partial charge in [0.1, 0.15) is 6.10 Å². The largest absolute Gasteiger partial charge is 0.386 e. The number of ketones is 1. The smallest absolute Gasteiger partial charge is 0.161 e. The van der Waals surface area contributed by atoms with Crippen LogP contribution in [-0.4, -0.2) is 22.0 Å². The van der Waals surface area contributed by atoms with Gasteiger partial charge in [-0.3, -0.25) is 4.79 Å². The van der Waals surface area contributed by atoms with E-state index in [1.54, 1.807) is 0 Å². The summed E-state index contributed by atoms with van der Waals surface area (Å²) in [5, 5.41) is 10.3. The molecule has 1 unspecified atom stereocenters. The molecular formula is C13H15NO2. The summed E-state index contributed by atoms with van der Waals surface area (Å²) in [7, 11) is 0. The lowest BCUT2D eigenvalue weighted by Crippen LogP contribution is -2.16. The molecule has 0 aliphatic carbocycles. The average Bonchev–Trinajstić information content (AvgIpc) is 2.69. The number of aliphatic hydroxyl groups is 1. The maximum absolute atomic E-state index is 11.3. The van der Waals surface area contributed by atoms with Crippen molar-refractivity contribution in [3.8, 4) is 0 Å². The van der Waals surface area contributed by atoms with Crippen LogP contribution in [0.15, 0.2) is 30.5 Å². The highest BCUT2D eigenvalue weighted by molar-refractivity contribution is 5.85. The van der Waals surface area contributed by atoms with E-state index in [9.17, 15) is 4.79 Å². The first-order valence-corrected chi connectivity index (χ1v) is 5.44. The first-order chi connectivity index (χ1) is 7.68. The van der Waals surface area contributed by atoms with Gasteiger partial charge < -0.3 is 10.1 Å². The molecule has 2 N–H and O–H groups in total. The summed E-state index contributed by atoms with van der Waals surface area (Å²) in [5.74, 6) is -0.106. The maximum atomic E-state index is 11.3. The molecule has 0 aliphatic heterocycles. The van der Waals surface area contributed by atoms with Gasteiger partial charge >= 0.3 is 0 Å². The van der Waals surface area contributed by atoms with Crippen LogP contribution in [0.1, 0.15) is 18.9 Å². The number of rotatable bonds is 4. The molecule has 2 aromatic rings. The van der Waals surface area contributed by atoms with Gasteiger partial charge in [-0.1, -0.05) is 18.2 Å². The van der Waals surface area contributed by atoms with Crippen molar-refractivity contribution in [3.05, 3.63) is 36.0 Å². The van der Waals surface area contributed by atoms with Crippen LogP contribution in [0.4, 0.5) is 0 Å². The van der Waals surface area contributed by atoms with Crippen molar-refractivity contribution in [2.24, 2.45) is 0 Å². The summed E-state index contributed by atoms with van der Waals surface area (Å²) < 4.78 is 0. The lowest BCUT2D eigenvalue weighted by atomic mass is 10.0. The van der Waals surface area contributed by atoms with Gasteiger partial charge in [0.25, 0.3) is 0 Å². The molecule has 0 aliphatic rings. The molecular weight excluding hydrogens is 202 g/mol. The number of aromatic nitrogens is 1. The molecule has 0 radical (unpaired) electrons. The minimum absolute atomic E-state index is 0.106. The second-order valence-electron chi connectivity index (χ2n) is 4.00. The van der Waals surface area contributed by atoms with Gasteiger partial charge in [-0.15, -0.1) is 0 Å². The van der Waals surface area contributed by atoms with Crippen molar-refractivity contribution in [2.45, 2.75) is 25.9 Å². The highest BCUT2D eigenvalue weighted by Gasteiger charge is 2.10. The van der Waals surface area contributed by atoms with Crippen LogP contribution < -0.4 is 0 Å². The number of Topliss-reactive ketones (excluding diaryl/α,β-unsaturated/α-hetero) is 1. The van der Waals surface area contributed by atoms with E-state index < -0.39 is 6.10 Å². The molecule has 1 aromatic carbocycles. The average molecular weight is 217 g/mol. The Morgan fingerprint density at radius 2 is 2.19 bits per heavy atom. The Bertz CT molecular complexity index is 499. The lowest BCUT2D eigenvalue weighted by molar-refractivity contribution is -0.126. The summed E-state index contributed by atoms with van der Waals surface area (Å²) >= 11 is 0. The predicted molar refractivity (Wildman–Crippen MR) is 63.3 cm³/mol. The SMILES string of the molecule is CC(O)C(=O)CCc1c[nH]c2ccccc12. The quantitative estimate of drug-likeness (QED) is 0.823. The predicted octanol–water partition coefficient (Wildman–Crippen LogP) is 2.05. The molecule has 0 bridgehead atoms. The first kappa shape index (κ1) is 10.9. The van der Waals surface area contributed by atoms with Gasteiger partial charge in [0.05, 0.1) is 0 Å². The number of nitrogens with one attached hydrogen (secondary N) is 1. The number of fused-ring (bicyclic) bond motifs is 1. The van der Waals surface area contributed by atoms with Crippen LogP contribution in [0.3, 0.4) is 0 Å². The number of hydrogen-bond acceptors (Lipinski definition) is 2. The van der Waals surface area contributed by atoms with Crippen molar-refractivity contribution in [2.75, 3.05) is 0 Å². The molecule has 3 nitrogen and oxygen atoms in total. The molecule has 16 heavy (non-hydrogen) atoms. The van der Waals surface area contributed by atoms with E-state index in [1.807, 2.05) is 30.5 Å². The highest BCUT2D eigenvalue weighted by atomic mass is 16.3. The van der Waals surface area contributed by atoms with Crippen molar-refractivity contribution in [1.82, 2.24) is 4.98 Å². The minimum Gasteiger partial charge on any atom is -0.386 e. The molecule has 0 spiro atoms. The topological polar surface area (TPSA) is 53.1 Å². The molecule has 1 atom stereocenters. The fourth-order valence-corrected chi connectivity index (χ4v) is 1.81. The monoisotopic (exact) mass is 217 g/mol. The first-order valence-electron chi connectivity index (χ1n) is 5.44. The van der Waals surface area contributed by atoms with E-state index in [0.717, 1.165) is 16.5 Å². The Morgan fingerprint density at radius 3 is 2.94 bits per heavy atom. The van der Waals surface area contributed by atoms with Crippen molar-refractivity contribution < 1.29 is 9.90 Å². The Balaban J connectivity index is 2.13. The number of benzene rings is 1. The molecule has 84 valence electrons. The van der Waals surface area contributed by atoms with E-state index >= 15 is 0 Å². The number of carbonyl (C=O) groups excluding carboxylic acids is 1. The van der Waals surface area contributed by atoms with Crippen LogP contribution in [0.2, 0.25) is 0 Å². The minimum atomic E-state index is -0.856. The number of H-pyrrole nitrogens is 1. The summed E-state index contributed by atoms with van der Waals surface area (Å²) in [6, 6.07) is 8.00. The lowest BCUT2D eigenvalue weighted by Gasteiger charge is -2.02. The van der Waals surface area contributed by atoms with Crippen LogP contribution in [0.5, 0.6) is 0 Å². The van der Waals surface area contributed by atoms with E-state index in [0.29, 0.717) is 12.8 Å². The van der Waals surface area contributed by atoms with E-state index in [-0.39, 0.29) is 5.78 Å². The summed E-state index contributed by atoms with van der Waals surface area (Å²) in [4.78, 5) is 14.5. The third-order valence-corrected chi connectivity index (χ3v) is 2.78. The van der Waals surface area contributed by atoms with Crippen molar-refractivity contribution in [3.63, 3.8) is 0 Å². The zero-order valence-electron chi connectivity index (χ0n) is 9.23. The van der Waals surface area contributed by atoms with Gasteiger partial charge in [0, 0.05) is 23.5 Å². The summed E-state index contributed by atoms with van der Waals surface area (Å²) in [6.07, 6.45) is 2.14. The molecule has 1 heterocycles. The molecule has 3 heteroatoms. The van der Waals surface area contributed by atoms with Gasteiger partial charge in [-0.25, -0.2) is 0 Å². The van der Waals surface area contributed by atoms with Gasteiger partial charge in [-0.2, -0.15) is 0 Å². The van der Waals surface area contributed by atoms with Crippen molar-refractivity contribution >= 4 is 16.7 Å². The standard InChI is InChI=1S/C13H15NO2/c1-9(15)13(16)7-6-10-8-14-12-5-3-2-4-11(10)12/h2-5,8-9,14-15H,6-7H2,1H3. The Kier molecular flexibility index (Phi) is 3.06. The number of carbonyl (C=O) groups is 1. The molecule has 0 saturated carbocycles. The second-order valence-corrected chi connectivity index (χ2v) is 4.00. The van der Waals surface area contributed by atoms with Gasteiger partial charge in [0.15, 0.2) is 5.78 Å². The van der Waals surface area contributed by atoms with Gasteiger partial charge in [-0.05, 0) is 25.0 Å². The molecule has 0 saturated heterocycles. The fraction of sp³-hybridized carbons (Fsp3) is 0.308. The number of para-hydroxylation sites is 1. The van der Waals surface area contributed by atoms with Crippen LogP contribution in [0.25, 0.3) is 10.9 Å². The number of aryl methyl sites for hydroxylation is 1. The number of aromatic amines is 1. The Morgan fingerprint density at radius 1 is 1.44 bits per heavy atom. The highest BCUT2D eigenvalue weighted by Crippen LogP contribution is 2.19. The molecule has 1 aromatic heterocycles. The van der Waals surface area contributed by atoms with E-state index in [2.05, 4.69) is 4.98 Å². The third kappa shape index (κ3) is 2.14. The summed E-state index contributed by atoms with van der Waals surface area (Å²) in [5.41, 5.74) is 2.21. The molecule has 0 fully saturated rings. The maximum Gasteiger partial charge on any atom is 0.161 e. The van der Waals surface area contributed by atoms with E-state index in [4.69, 9.17) is 5.11 Å². The van der Waals surface area contributed by atoms with Crippen LogP contribution in [-0.2, 0) is 11.2 Å². The number of hydrogen-bond donors (Lipinski definition) is 2. The van der Waals surface area contributed by atoms with Crippen molar-refractivity contribution in [1.29, 1.82) is 0 Å².